The zero-order chi connectivity index (χ0) is 14.8. The van der Waals surface area contributed by atoms with Gasteiger partial charge in [-0.2, -0.15) is 0 Å². The second-order valence-electron chi connectivity index (χ2n) is 8.05. The standard InChI is InChI=1S/C18H26O3/c1-18-9-8-11-10-4-6-15(19)17(21)13(10)3-2-12(11)14(18)5-7-16(18)20/h10-12,14,16,20-21H,2-9H2,1H3/t10-,11+,12-,14-,16-,18+/m1/s1. The van der Waals surface area contributed by atoms with Crippen molar-refractivity contribution in [3.8, 4) is 0 Å². The highest BCUT2D eigenvalue weighted by Gasteiger charge is 2.56. The summed E-state index contributed by atoms with van der Waals surface area (Å²) < 4.78 is 0. The minimum Gasteiger partial charge on any atom is -0.504 e. The Labute approximate surface area is 126 Å². The van der Waals surface area contributed by atoms with Gasteiger partial charge in [0, 0.05) is 6.42 Å². The predicted octanol–water partition coefficient (Wildman–Crippen LogP) is 3.37. The molecular formula is C18H26O3. The van der Waals surface area contributed by atoms with Crippen molar-refractivity contribution in [2.24, 2.45) is 29.1 Å². The van der Waals surface area contributed by atoms with Gasteiger partial charge in [-0.1, -0.05) is 6.92 Å². The predicted molar refractivity (Wildman–Crippen MR) is 79.7 cm³/mol. The van der Waals surface area contributed by atoms with Crippen molar-refractivity contribution < 1.29 is 15.0 Å². The minimum absolute atomic E-state index is 0.0448. The lowest BCUT2D eigenvalue weighted by Crippen LogP contribution is -2.47. The van der Waals surface area contributed by atoms with Crippen molar-refractivity contribution in [3.05, 3.63) is 11.3 Å². The number of carbonyl (C=O) groups is 1. The van der Waals surface area contributed by atoms with Gasteiger partial charge >= 0.3 is 0 Å². The van der Waals surface area contributed by atoms with E-state index in [1.165, 1.54) is 0 Å². The molecule has 3 saturated carbocycles. The molecule has 3 nitrogen and oxygen atoms in total. The van der Waals surface area contributed by atoms with Gasteiger partial charge in [0.05, 0.1) is 6.10 Å². The molecule has 3 fully saturated rings. The molecule has 116 valence electrons. The summed E-state index contributed by atoms with van der Waals surface area (Å²) in [5.41, 5.74) is 1.18. The number of aliphatic hydroxyl groups is 2. The van der Waals surface area contributed by atoms with E-state index in [9.17, 15) is 15.0 Å². The third kappa shape index (κ3) is 1.79. The largest absolute Gasteiger partial charge is 0.504 e. The van der Waals surface area contributed by atoms with Crippen LogP contribution >= 0.6 is 0 Å². The third-order valence-electron chi connectivity index (χ3n) is 7.40. The first-order valence-electron chi connectivity index (χ1n) is 8.65. The molecule has 0 saturated heterocycles. The number of fused-ring (bicyclic) bond motifs is 5. The number of hydrogen-bond donors (Lipinski definition) is 2. The molecule has 2 N–H and O–H groups in total. The SMILES string of the molecule is C[C@]12CC[C@@H]3[C@@H](CCC4=C(O)C(=O)CC[C@@H]43)[C@H]1CC[C@H]2O. The Balaban J connectivity index is 1.66. The fourth-order valence-electron chi connectivity index (χ4n) is 6.24. The molecule has 21 heavy (non-hydrogen) atoms. The first-order chi connectivity index (χ1) is 10.0. The van der Waals surface area contributed by atoms with Crippen LogP contribution in [0.1, 0.15) is 58.3 Å². The Kier molecular flexibility index (Phi) is 3.01. The monoisotopic (exact) mass is 290 g/mol. The number of carbonyl (C=O) groups excluding carboxylic acids is 1. The molecule has 0 aliphatic heterocycles. The second-order valence-corrected chi connectivity index (χ2v) is 8.05. The molecule has 0 heterocycles. The van der Waals surface area contributed by atoms with Crippen LogP contribution in [0.15, 0.2) is 11.3 Å². The van der Waals surface area contributed by atoms with E-state index in [1.807, 2.05) is 0 Å². The lowest BCUT2D eigenvalue weighted by Gasteiger charge is -2.53. The Morgan fingerprint density at radius 3 is 2.67 bits per heavy atom. The maximum absolute atomic E-state index is 11.7. The summed E-state index contributed by atoms with van der Waals surface area (Å²) in [7, 11) is 0. The average Bonchev–Trinajstić information content (AvgIpc) is 2.78. The average molecular weight is 290 g/mol. The maximum atomic E-state index is 11.7. The van der Waals surface area contributed by atoms with Gasteiger partial charge in [0.1, 0.15) is 0 Å². The highest BCUT2D eigenvalue weighted by atomic mass is 16.3. The molecule has 4 aliphatic rings. The number of Topliss-reactive ketones (excluding diaryl/α,β-unsaturated/α-hetero) is 1. The van der Waals surface area contributed by atoms with Crippen LogP contribution in [0.5, 0.6) is 0 Å². The van der Waals surface area contributed by atoms with Gasteiger partial charge in [0.25, 0.3) is 0 Å². The molecule has 0 aromatic carbocycles. The van der Waals surface area contributed by atoms with Gasteiger partial charge in [-0.15, -0.1) is 0 Å². The molecule has 4 rings (SSSR count). The van der Waals surface area contributed by atoms with E-state index in [4.69, 9.17) is 0 Å². The maximum Gasteiger partial charge on any atom is 0.197 e. The van der Waals surface area contributed by atoms with E-state index in [-0.39, 0.29) is 23.1 Å². The lowest BCUT2D eigenvalue weighted by molar-refractivity contribution is -0.120. The summed E-state index contributed by atoms with van der Waals surface area (Å²) in [5, 5.41) is 20.5. The number of allylic oxidation sites excluding steroid dienone is 1. The van der Waals surface area contributed by atoms with E-state index in [1.54, 1.807) is 0 Å². The van der Waals surface area contributed by atoms with Gasteiger partial charge in [-0.25, -0.2) is 0 Å². The van der Waals surface area contributed by atoms with E-state index in [0.717, 1.165) is 50.5 Å². The Hall–Kier alpha value is -0.830. The quantitative estimate of drug-likeness (QED) is 0.719. The highest BCUT2D eigenvalue weighted by molar-refractivity contribution is 5.94. The van der Waals surface area contributed by atoms with Crippen molar-refractivity contribution in [3.63, 3.8) is 0 Å². The topological polar surface area (TPSA) is 57.5 Å². The van der Waals surface area contributed by atoms with Gasteiger partial charge in [0.2, 0.25) is 0 Å². The molecule has 0 spiro atoms. The molecule has 0 unspecified atom stereocenters. The summed E-state index contributed by atoms with van der Waals surface area (Å²) in [5.74, 6) is 2.46. The molecule has 3 heteroatoms. The number of ketones is 1. The first kappa shape index (κ1) is 13.8. The molecule has 0 aromatic rings. The van der Waals surface area contributed by atoms with E-state index >= 15 is 0 Å². The van der Waals surface area contributed by atoms with Crippen LogP contribution in [0.25, 0.3) is 0 Å². The normalized spacial score (nSPS) is 49.6. The zero-order valence-electron chi connectivity index (χ0n) is 12.8. The van der Waals surface area contributed by atoms with E-state index in [0.29, 0.717) is 30.1 Å². The van der Waals surface area contributed by atoms with Crippen molar-refractivity contribution in [1.82, 2.24) is 0 Å². The van der Waals surface area contributed by atoms with Crippen molar-refractivity contribution in [1.29, 1.82) is 0 Å². The van der Waals surface area contributed by atoms with E-state index < -0.39 is 0 Å². The molecule has 4 aliphatic carbocycles. The van der Waals surface area contributed by atoms with Crippen LogP contribution in [0.4, 0.5) is 0 Å². The van der Waals surface area contributed by atoms with Gasteiger partial charge in [0.15, 0.2) is 11.5 Å². The van der Waals surface area contributed by atoms with Gasteiger partial charge in [-0.3, -0.25) is 4.79 Å². The molecule has 0 radical (unpaired) electrons. The Morgan fingerprint density at radius 2 is 1.86 bits per heavy atom. The number of aliphatic hydroxyl groups excluding tert-OH is 2. The fourth-order valence-corrected chi connectivity index (χ4v) is 6.24. The summed E-state index contributed by atoms with van der Waals surface area (Å²) in [6, 6.07) is 0. The molecular weight excluding hydrogens is 264 g/mol. The van der Waals surface area contributed by atoms with Crippen LogP contribution in [0.2, 0.25) is 0 Å². The Morgan fingerprint density at radius 1 is 1.05 bits per heavy atom. The van der Waals surface area contributed by atoms with Crippen molar-refractivity contribution in [2.75, 3.05) is 0 Å². The Bertz CT molecular complexity index is 509. The van der Waals surface area contributed by atoms with Crippen LogP contribution in [-0.2, 0) is 4.79 Å². The molecule has 0 bridgehead atoms. The highest BCUT2D eigenvalue weighted by Crippen LogP contribution is 2.61. The van der Waals surface area contributed by atoms with E-state index in [2.05, 4.69) is 6.92 Å². The number of rotatable bonds is 0. The zero-order valence-corrected chi connectivity index (χ0v) is 12.8. The number of hydrogen-bond acceptors (Lipinski definition) is 3. The second kappa shape index (κ2) is 4.58. The van der Waals surface area contributed by atoms with Crippen LogP contribution in [0.3, 0.4) is 0 Å². The summed E-state index contributed by atoms with van der Waals surface area (Å²) in [6.07, 6.45) is 7.72. The summed E-state index contributed by atoms with van der Waals surface area (Å²) in [6.45, 7) is 2.29. The molecule has 6 atom stereocenters. The smallest absolute Gasteiger partial charge is 0.197 e. The first-order valence-corrected chi connectivity index (χ1v) is 8.65. The molecule has 0 amide bonds. The fraction of sp³-hybridized carbons (Fsp3) is 0.833. The van der Waals surface area contributed by atoms with Crippen LogP contribution < -0.4 is 0 Å². The van der Waals surface area contributed by atoms with Crippen molar-refractivity contribution >= 4 is 5.78 Å². The van der Waals surface area contributed by atoms with Crippen molar-refractivity contribution in [2.45, 2.75) is 64.4 Å². The summed E-state index contributed by atoms with van der Waals surface area (Å²) in [4.78, 5) is 11.7. The molecule has 0 aromatic heterocycles. The van der Waals surface area contributed by atoms with Crippen LogP contribution in [0, 0.1) is 29.1 Å². The summed E-state index contributed by atoms with van der Waals surface area (Å²) >= 11 is 0. The van der Waals surface area contributed by atoms with Crippen LogP contribution in [-0.4, -0.2) is 22.1 Å². The third-order valence-corrected chi connectivity index (χ3v) is 7.40. The van der Waals surface area contributed by atoms with Gasteiger partial charge in [-0.05, 0) is 79.6 Å². The lowest BCUT2D eigenvalue weighted by atomic mass is 9.52. The van der Waals surface area contributed by atoms with Gasteiger partial charge < -0.3 is 10.2 Å². The minimum atomic E-state index is -0.123.